The van der Waals surface area contributed by atoms with Crippen molar-refractivity contribution in [3.8, 4) is 11.6 Å². The van der Waals surface area contributed by atoms with E-state index in [2.05, 4.69) is 20.5 Å². The number of hydrazone groups is 1. The van der Waals surface area contributed by atoms with Gasteiger partial charge in [0.15, 0.2) is 0 Å². The molecule has 3 aromatic carbocycles. The van der Waals surface area contributed by atoms with Gasteiger partial charge in [-0.25, -0.2) is 4.98 Å². The molecule has 28 heavy (non-hydrogen) atoms. The summed E-state index contributed by atoms with van der Waals surface area (Å²) in [7, 11) is 0. The second kappa shape index (κ2) is 8.60. The lowest BCUT2D eigenvalue weighted by atomic mass is 10.1. The molecule has 0 aliphatic carbocycles. The average molecular weight is 366 g/mol. The summed E-state index contributed by atoms with van der Waals surface area (Å²) in [6.45, 7) is 0. The summed E-state index contributed by atoms with van der Waals surface area (Å²) >= 11 is 0. The lowest BCUT2D eigenvalue weighted by Gasteiger charge is -2.09. The molecule has 0 bridgehead atoms. The minimum atomic E-state index is 0.409. The summed E-state index contributed by atoms with van der Waals surface area (Å²) in [5.74, 6) is 1.11. The van der Waals surface area contributed by atoms with Crippen molar-refractivity contribution in [3.63, 3.8) is 0 Å². The summed E-state index contributed by atoms with van der Waals surface area (Å²) in [4.78, 5) is 8.89. The molecule has 0 amide bonds. The van der Waals surface area contributed by atoms with Gasteiger partial charge in [0.1, 0.15) is 17.2 Å². The highest BCUT2D eigenvalue weighted by atomic mass is 16.5. The van der Waals surface area contributed by atoms with E-state index in [1.165, 1.54) is 0 Å². The van der Waals surface area contributed by atoms with E-state index in [9.17, 15) is 0 Å². The van der Waals surface area contributed by atoms with E-state index in [-0.39, 0.29) is 0 Å². The Morgan fingerprint density at radius 1 is 0.750 bits per heavy atom. The minimum Gasteiger partial charge on any atom is -0.437 e. The van der Waals surface area contributed by atoms with Gasteiger partial charge in [-0.05, 0) is 24.3 Å². The number of hydrogen-bond acceptors (Lipinski definition) is 5. The highest BCUT2D eigenvalue weighted by Gasteiger charge is 2.11. The van der Waals surface area contributed by atoms with Crippen molar-refractivity contribution in [2.24, 2.45) is 5.10 Å². The molecule has 0 spiro atoms. The van der Waals surface area contributed by atoms with Crippen LogP contribution < -0.4 is 10.2 Å². The van der Waals surface area contributed by atoms with Gasteiger partial charge in [0.2, 0.25) is 5.88 Å². The fraction of sp³-hybridized carbons (Fsp3) is 0. The number of hydrogen-bond donors (Lipinski definition) is 1. The van der Waals surface area contributed by atoms with Crippen molar-refractivity contribution >= 4 is 11.4 Å². The van der Waals surface area contributed by atoms with Crippen LogP contribution in [0.5, 0.6) is 11.6 Å². The molecule has 0 radical (unpaired) electrons. The van der Waals surface area contributed by atoms with Crippen molar-refractivity contribution in [2.75, 3.05) is 5.43 Å². The molecule has 0 fully saturated rings. The second-order valence-corrected chi connectivity index (χ2v) is 5.96. The summed E-state index contributed by atoms with van der Waals surface area (Å²) in [5, 5.41) is 4.59. The van der Waals surface area contributed by atoms with Gasteiger partial charge in [-0.1, -0.05) is 66.7 Å². The van der Waals surface area contributed by atoms with Crippen LogP contribution in [0.1, 0.15) is 11.3 Å². The Kier molecular flexibility index (Phi) is 5.35. The van der Waals surface area contributed by atoms with Crippen molar-refractivity contribution in [1.82, 2.24) is 9.97 Å². The SMILES string of the molecule is c1ccc(N/N=C(\c2ccccc2)c2cncc(Oc3ccccc3)n2)cc1. The quantitative estimate of drug-likeness (QED) is 0.379. The molecule has 1 aromatic heterocycles. The van der Waals surface area contributed by atoms with Gasteiger partial charge in [-0.3, -0.25) is 10.4 Å². The second-order valence-electron chi connectivity index (χ2n) is 5.96. The molecule has 0 atom stereocenters. The molecule has 0 saturated carbocycles. The molecule has 0 unspecified atom stereocenters. The first-order valence-corrected chi connectivity index (χ1v) is 8.88. The predicted molar refractivity (Wildman–Crippen MR) is 111 cm³/mol. The maximum absolute atomic E-state index is 5.82. The summed E-state index contributed by atoms with van der Waals surface area (Å²) in [6.07, 6.45) is 3.26. The Balaban J connectivity index is 1.67. The normalized spacial score (nSPS) is 11.1. The predicted octanol–water partition coefficient (Wildman–Crippen LogP) is 5.13. The fourth-order valence-electron chi connectivity index (χ4n) is 2.62. The van der Waals surface area contributed by atoms with Gasteiger partial charge in [-0.2, -0.15) is 5.10 Å². The van der Waals surface area contributed by atoms with Crippen LogP contribution in [-0.2, 0) is 0 Å². The Hall–Kier alpha value is -3.99. The van der Waals surface area contributed by atoms with Crippen LogP contribution in [0.15, 0.2) is 108 Å². The van der Waals surface area contributed by atoms with Crippen LogP contribution in [0.2, 0.25) is 0 Å². The van der Waals surface area contributed by atoms with Crippen molar-refractivity contribution in [1.29, 1.82) is 0 Å². The largest absolute Gasteiger partial charge is 0.437 e. The number of benzene rings is 3. The number of ether oxygens (including phenoxy) is 1. The van der Waals surface area contributed by atoms with E-state index in [4.69, 9.17) is 4.74 Å². The molecule has 5 heteroatoms. The maximum Gasteiger partial charge on any atom is 0.238 e. The van der Waals surface area contributed by atoms with E-state index >= 15 is 0 Å². The molecular weight excluding hydrogens is 348 g/mol. The van der Waals surface area contributed by atoms with Gasteiger partial charge in [0.05, 0.1) is 18.1 Å². The minimum absolute atomic E-state index is 0.409. The Bertz CT molecular complexity index is 1050. The van der Waals surface area contributed by atoms with Crippen LogP contribution in [0, 0.1) is 0 Å². The molecule has 4 aromatic rings. The molecule has 4 rings (SSSR count). The first-order chi connectivity index (χ1) is 13.9. The Morgan fingerprint density at radius 3 is 2.11 bits per heavy atom. The third kappa shape index (κ3) is 4.40. The van der Waals surface area contributed by atoms with E-state index in [1.54, 1.807) is 12.4 Å². The third-order valence-electron chi connectivity index (χ3n) is 3.94. The Labute approximate surface area is 163 Å². The number of para-hydroxylation sites is 2. The van der Waals surface area contributed by atoms with E-state index in [1.807, 2.05) is 91.0 Å². The number of anilines is 1. The highest BCUT2D eigenvalue weighted by molar-refractivity contribution is 6.11. The molecule has 1 N–H and O–H groups in total. The van der Waals surface area contributed by atoms with Gasteiger partial charge in [0.25, 0.3) is 0 Å². The molecule has 0 aliphatic rings. The molecule has 0 aliphatic heterocycles. The monoisotopic (exact) mass is 366 g/mol. The molecule has 1 heterocycles. The molecule has 136 valence electrons. The van der Waals surface area contributed by atoms with Crippen molar-refractivity contribution < 1.29 is 4.74 Å². The lowest BCUT2D eigenvalue weighted by Crippen LogP contribution is -2.09. The topological polar surface area (TPSA) is 59.4 Å². The van der Waals surface area contributed by atoms with Gasteiger partial charge in [0, 0.05) is 5.56 Å². The Morgan fingerprint density at radius 2 is 1.39 bits per heavy atom. The molecular formula is C23H18N4O. The smallest absolute Gasteiger partial charge is 0.238 e. The fourth-order valence-corrected chi connectivity index (χ4v) is 2.62. The van der Waals surface area contributed by atoms with E-state index < -0.39 is 0 Å². The van der Waals surface area contributed by atoms with Crippen LogP contribution in [0.4, 0.5) is 5.69 Å². The number of nitrogens with one attached hydrogen (secondary N) is 1. The summed E-state index contributed by atoms with van der Waals surface area (Å²) < 4.78 is 5.82. The van der Waals surface area contributed by atoms with E-state index in [0.717, 1.165) is 11.3 Å². The van der Waals surface area contributed by atoms with Gasteiger partial charge >= 0.3 is 0 Å². The zero-order chi connectivity index (χ0) is 19.0. The highest BCUT2D eigenvalue weighted by Crippen LogP contribution is 2.19. The van der Waals surface area contributed by atoms with Gasteiger partial charge < -0.3 is 4.74 Å². The standard InChI is InChI=1S/C23H18N4O/c1-4-10-18(11-5-1)23(27-26-19-12-6-2-7-13-19)21-16-24-17-22(25-21)28-20-14-8-3-9-15-20/h1-17,26H/b27-23+. The summed E-state index contributed by atoms with van der Waals surface area (Å²) in [6, 6.07) is 29.1. The van der Waals surface area contributed by atoms with Crippen LogP contribution in [0.3, 0.4) is 0 Å². The van der Waals surface area contributed by atoms with E-state index in [0.29, 0.717) is 23.0 Å². The third-order valence-corrected chi connectivity index (χ3v) is 3.94. The number of rotatable bonds is 6. The number of aromatic nitrogens is 2. The summed E-state index contributed by atoms with van der Waals surface area (Å²) in [5.41, 5.74) is 6.20. The molecule has 5 nitrogen and oxygen atoms in total. The van der Waals surface area contributed by atoms with Crippen molar-refractivity contribution in [2.45, 2.75) is 0 Å². The molecule has 0 saturated heterocycles. The van der Waals surface area contributed by atoms with Crippen LogP contribution in [-0.4, -0.2) is 15.7 Å². The first-order valence-electron chi connectivity index (χ1n) is 8.88. The zero-order valence-electron chi connectivity index (χ0n) is 15.1. The zero-order valence-corrected chi connectivity index (χ0v) is 15.1. The first kappa shape index (κ1) is 17.4. The van der Waals surface area contributed by atoms with Crippen LogP contribution in [0.25, 0.3) is 0 Å². The lowest BCUT2D eigenvalue weighted by molar-refractivity contribution is 0.460. The van der Waals surface area contributed by atoms with Gasteiger partial charge in [-0.15, -0.1) is 0 Å². The number of nitrogens with zero attached hydrogens (tertiary/aromatic N) is 3. The maximum atomic E-state index is 5.82. The van der Waals surface area contributed by atoms with Crippen molar-refractivity contribution in [3.05, 3.63) is 115 Å². The average Bonchev–Trinajstić information content (AvgIpc) is 2.76. The van der Waals surface area contributed by atoms with Crippen LogP contribution >= 0.6 is 0 Å².